The summed E-state index contributed by atoms with van der Waals surface area (Å²) in [7, 11) is 3.93. The Morgan fingerprint density at radius 1 is 1.18 bits per heavy atom. The van der Waals surface area contributed by atoms with E-state index < -0.39 is 11.5 Å². The molecule has 1 saturated carbocycles. The number of likely N-dealkylation sites (N-methyl/N-ethyl adjacent to an activating group) is 1. The van der Waals surface area contributed by atoms with E-state index >= 15 is 0 Å². The van der Waals surface area contributed by atoms with Crippen molar-refractivity contribution in [3.8, 4) is 11.5 Å². The van der Waals surface area contributed by atoms with Crippen LogP contribution >= 0.6 is 12.4 Å². The number of ether oxygens (including phenoxy) is 2. The van der Waals surface area contributed by atoms with E-state index in [0.29, 0.717) is 12.0 Å². The monoisotopic (exact) mass is 485 g/mol. The Kier molecular flexibility index (Phi) is 6.12. The van der Waals surface area contributed by atoms with Gasteiger partial charge in [-0.25, -0.2) is 0 Å². The predicted molar refractivity (Wildman–Crippen MR) is 134 cm³/mol. The van der Waals surface area contributed by atoms with E-state index in [1.807, 2.05) is 12.1 Å². The summed E-state index contributed by atoms with van der Waals surface area (Å²) in [6.07, 6.45) is 4.46. The molecular formula is C28H36ClNO4. The number of aliphatic hydroxyl groups excluding tert-OH is 2. The van der Waals surface area contributed by atoms with E-state index in [2.05, 4.69) is 42.3 Å². The van der Waals surface area contributed by atoms with Crippen LogP contribution in [0.2, 0.25) is 0 Å². The molecule has 184 valence electrons. The maximum absolute atomic E-state index is 11.9. The minimum Gasteiger partial charge on any atom is -0.493 e. The van der Waals surface area contributed by atoms with E-state index in [4.69, 9.17) is 9.47 Å². The molecule has 4 aliphatic rings. The first-order chi connectivity index (χ1) is 16.0. The number of benzene rings is 2. The zero-order chi connectivity index (χ0) is 22.8. The molecule has 0 amide bonds. The Hall–Kier alpha value is -1.79. The highest BCUT2D eigenvalue weighted by Crippen LogP contribution is 2.66. The van der Waals surface area contributed by atoms with E-state index in [1.165, 1.54) is 16.7 Å². The number of aliphatic hydroxyl groups is 2. The van der Waals surface area contributed by atoms with Crippen LogP contribution in [0.4, 0.5) is 0 Å². The molecule has 6 atom stereocenters. The number of halogens is 1. The van der Waals surface area contributed by atoms with Crippen LogP contribution in [0, 0.1) is 11.3 Å². The molecule has 2 aromatic rings. The zero-order valence-electron chi connectivity index (χ0n) is 20.1. The van der Waals surface area contributed by atoms with Crippen molar-refractivity contribution in [3.05, 3.63) is 59.2 Å². The van der Waals surface area contributed by atoms with E-state index in [-0.39, 0.29) is 30.5 Å². The van der Waals surface area contributed by atoms with Crippen LogP contribution in [0.3, 0.4) is 0 Å². The van der Waals surface area contributed by atoms with Crippen LogP contribution in [0.1, 0.15) is 42.4 Å². The van der Waals surface area contributed by atoms with Gasteiger partial charge in [0.2, 0.25) is 0 Å². The second-order valence-electron chi connectivity index (χ2n) is 10.8. The lowest BCUT2D eigenvalue weighted by Crippen LogP contribution is -2.70. The molecule has 1 spiro atoms. The number of nitrogens with zero attached hydrogens (tertiary/aromatic N) is 1. The molecule has 2 N–H and O–H groups in total. The van der Waals surface area contributed by atoms with Crippen molar-refractivity contribution in [2.24, 2.45) is 11.3 Å². The topological polar surface area (TPSA) is 62.2 Å². The molecule has 2 aliphatic heterocycles. The standard InChI is InChI=1S/C28H35NO4.ClH/c1-29-14-13-28-20-16-27(17-30,12-6-9-18-7-4-3-5-8-18)25(31)26(28)33-24-22(32-2)11-10-19(23(24)28)15-21(20)29;/h3-5,7-8,10-11,20-21,25-26,30-31H,6,9,12-17H2,1-2H3;1H/t20?,21?,25-,26?,27+,28?;/m0./s1. The summed E-state index contributed by atoms with van der Waals surface area (Å²) in [5.74, 6) is 1.96. The van der Waals surface area contributed by atoms with Gasteiger partial charge in [-0.1, -0.05) is 36.4 Å². The fourth-order valence-corrected chi connectivity index (χ4v) is 7.81. The first-order valence-corrected chi connectivity index (χ1v) is 12.4. The third kappa shape index (κ3) is 3.17. The zero-order valence-corrected chi connectivity index (χ0v) is 20.9. The number of hydrogen-bond donors (Lipinski definition) is 2. The molecule has 34 heavy (non-hydrogen) atoms. The van der Waals surface area contributed by atoms with Crippen LogP contribution in [-0.4, -0.2) is 60.7 Å². The number of piperidine rings is 1. The summed E-state index contributed by atoms with van der Waals surface area (Å²) >= 11 is 0. The highest BCUT2D eigenvalue weighted by molar-refractivity contribution is 5.85. The molecule has 5 nitrogen and oxygen atoms in total. The normalized spacial score (nSPS) is 35.2. The quantitative estimate of drug-likeness (QED) is 0.652. The summed E-state index contributed by atoms with van der Waals surface area (Å²) in [5.41, 5.74) is 3.20. The molecule has 4 unspecified atom stereocenters. The number of rotatable bonds is 6. The summed E-state index contributed by atoms with van der Waals surface area (Å²) in [6.45, 7) is 0.996. The van der Waals surface area contributed by atoms with Crippen molar-refractivity contribution in [3.63, 3.8) is 0 Å². The van der Waals surface area contributed by atoms with E-state index in [0.717, 1.165) is 56.6 Å². The molecule has 2 bridgehead atoms. The maximum Gasteiger partial charge on any atom is 0.165 e. The summed E-state index contributed by atoms with van der Waals surface area (Å²) in [6, 6.07) is 15.1. The van der Waals surface area contributed by atoms with Gasteiger partial charge in [0.05, 0.1) is 19.8 Å². The highest BCUT2D eigenvalue weighted by Gasteiger charge is 2.69. The van der Waals surface area contributed by atoms with Crippen LogP contribution in [-0.2, 0) is 18.3 Å². The summed E-state index contributed by atoms with van der Waals surface area (Å²) in [5, 5.41) is 22.6. The number of hydrogen-bond acceptors (Lipinski definition) is 5. The van der Waals surface area contributed by atoms with Crippen molar-refractivity contribution in [2.45, 2.75) is 62.2 Å². The van der Waals surface area contributed by atoms with Gasteiger partial charge in [-0.15, -0.1) is 12.4 Å². The lowest BCUT2D eigenvalue weighted by atomic mass is 9.46. The Balaban J connectivity index is 0.00000241. The second kappa shape index (κ2) is 8.70. The minimum atomic E-state index is -0.707. The molecule has 2 heterocycles. The van der Waals surface area contributed by atoms with Crippen molar-refractivity contribution in [1.82, 2.24) is 4.90 Å². The van der Waals surface area contributed by atoms with Gasteiger partial charge in [-0.2, -0.15) is 0 Å². The molecule has 0 aromatic heterocycles. The van der Waals surface area contributed by atoms with Gasteiger partial charge in [-0.3, -0.25) is 0 Å². The van der Waals surface area contributed by atoms with Gasteiger partial charge < -0.3 is 24.6 Å². The second-order valence-corrected chi connectivity index (χ2v) is 10.8. The lowest BCUT2D eigenvalue weighted by Gasteiger charge is -2.62. The van der Waals surface area contributed by atoms with Crippen molar-refractivity contribution >= 4 is 12.4 Å². The molecule has 2 fully saturated rings. The molecule has 1 saturated heterocycles. The molecule has 0 radical (unpaired) electrons. The highest BCUT2D eigenvalue weighted by atomic mass is 35.5. The SMILES string of the molecule is COc1ccc2c3c1OC1[C@H](O)[C@](CO)(CCCc4ccccc4)CC4C(C2)N(C)CCC341.Cl. The average Bonchev–Trinajstić information content (AvgIpc) is 3.19. The summed E-state index contributed by atoms with van der Waals surface area (Å²) in [4.78, 5) is 2.50. The first-order valence-electron chi connectivity index (χ1n) is 12.4. The van der Waals surface area contributed by atoms with Gasteiger partial charge in [-0.05, 0) is 75.2 Å². The van der Waals surface area contributed by atoms with Gasteiger partial charge in [0.1, 0.15) is 6.10 Å². The van der Waals surface area contributed by atoms with Crippen LogP contribution in [0.5, 0.6) is 11.5 Å². The van der Waals surface area contributed by atoms with E-state index in [9.17, 15) is 10.2 Å². The van der Waals surface area contributed by atoms with Crippen LogP contribution < -0.4 is 9.47 Å². The Bertz CT molecular complexity index is 1050. The molecule has 6 rings (SSSR count). The molecular weight excluding hydrogens is 450 g/mol. The number of aryl methyl sites for hydroxylation is 1. The van der Waals surface area contributed by atoms with Crippen molar-refractivity contribution in [1.29, 1.82) is 0 Å². The lowest BCUT2D eigenvalue weighted by molar-refractivity contribution is -0.178. The van der Waals surface area contributed by atoms with Gasteiger partial charge >= 0.3 is 0 Å². The van der Waals surface area contributed by atoms with Crippen molar-refractivity contribution < 1.29 is 19.7 Å². The van der Waals surface area contributed by atoms with Gasteiger partial charge in [0, 0.05) is 22.4 Å². The third-order valence-electron chi connectivity index (χ3n) is 9.48. The maximum atomic E-state index is 11.9. The van der Waals surface area contributed by atoms with Crippen LogP contribution in [0.25, 0.3) is 0 Å². The Labute approximate surface area is 208 Å². The van der Waals surface area contributed by atoms with Gasteiger partial charge in [0.15, 0.2) is 11.5 Å². The predicted octanol–water partition coefficient (Wildman–Crippen LogP) is 3.76. The van der Waals surface area contributed by atoms with Crippen LogP contribution in [0.15, 0.2) is 42.5 Å². The summed E-state index contributed by atoms with van der Waals surface area (Å²) < 4.78 is 12.4. The van der Waals surface area contributed by atoms with E-state index in [1.54, 1.807) is 7.11 Å². The third-order valence-corrected chi connectivity index (χ3v) is 9.48. The fraction of sp³-hybridized carbons (Fsp3) is 0.571. The Morgan fingerprint density at radius 2 is 1.97 bits per heavy atom. The van der Waals surface area contributed by atoms with Crippen molar-refractivity contribution in [2.75, 3.05) is 27.3 Å². The Morgan fingerprint density at radius 3 is 2.71 bits per heavy atom. The largest absolute Gasteiger partial charge is 0.493 e. The number of methoxy groups -OCH3 is 1. The van der Waals surface area contributed by atoms with Gasteiger partial charge in [0.25, 0.3) is 0 Å². The fourth-order valence-electron chi connectivity index (χ4n) is 7.81. The smallest absolute Gasteiger partial charge is 0.165 e. The first kappa shape index (κ1) is 23.9. The number of likely N-dealkylation sites (tertiary alicyclic amines) is 1. The molecule has 2 aliphatic carbocycles. The average molecular weight is 486 g/mol. The minimum absolute atomic E-state index is 0. The molecule has 6 heteroatoms. The molecule has 2 aromatic carbocycles.